The molecule has 0 aliphatic carbocycles. The number of hydrogen-bond acceptors (Lipinski definition) is 14. The fourth-order valence-corrected chi connectivity index (χ4v) is 6.66. The Balaban J connectivity index is 0.000000236. The third-order valence-corrected chi connectivity index (χ3v) is 9.77. The van der Waals surface area contributed by atoms with Crippen molar-refractivity contribution in [2.45, 2.75) is 71.2 Å². The number of likely N-dealkylation sites (tertiary alicyclic amines) is 1. The number of morpholine rings is 2. The maximum absolute atomic E-state index is 12.1. The van der Waals surface area contributed by atoms with Crippen LogP contribution >= 0.6 is 0 Å². The van der Waals surface area contributed by atoms with Gasteiger partial charge in [0.15, 0.2) is 0 Å². The van der Waals surface area contributed by atoms with Crippen molar-refractivity contribution in [1.29, 1.82) is 0 Å². The second kappa shape index (κ2) is 29.3. The van der Waals surface area contributed by atoms with Crippen molar-refractivity contribution < 1.29 is 42.9 Å². The summed E-state index contributed by atoms with van der Waals surface area (Å²) in [6.45, 7) is 17.4. The minimum atomic E-state index is -0.597. The Morgan fingerprint density at radius 2 is 0.983 bits per heavy atom. The van der Waals surface area contributed by atoms with Crippen LogP contribution in [0.3, 0.4) is 0 Å². The average Bonchev–Trinajstić information content (AvgIpc) is 3.25. The van der Waals surface area contributed by atoms with Gasteiger partial charge in [-0.2, -0.15) is 0 Å². The number of nitrogens with zero attached hydrogens (tertiary/aromatic N) is 3. The molecule has 3 aliphatic heterocycles. The molecule has 15 heteroatoms. The molecule has 3 unspecified atom stereocenters. The van der Waals surface area contributed by atoms with Gasteiger partial charge in [0.05, 0.1) is 46.8 Å². The van der Waals surface area contributed by atoms with Crippen LogP contribution in [0.5, 0.6) is 0 Å². The highest BCUT2D eigenvalue weighted by Crippen LogP contribution is 2.10. The van der Waals surface area contributed by atoms with Crippen molar-refractivity contribution in [3.05, 3.63) is 71.8 Å². The normalized spacial score (nSPS) is 17.8. The van der Waals surface area contributed by atoms with E-state index >= 15 is 0 Å². The summed E-state index contributed by atoms with van der Waals surface area (Å²) in [5, 5.41) is 9.24. The van der Waals surface area contributed by atoms with Crippen LogP contribution in [0, 0.1) is 0 Å². The van der Waals surface area contributed by atoms with Gasteiger partial charge >= 0.3 is 17.9 Å². The number of carbonyl (C=O) groups is 4. The SMILES string of the molecule is CCOC(=O)C(CN1CCCCC1)NCc1ccccc1.CCOC(=O)C(CN1CCOCC1)NCc1ccccc1.COC(=O)C(CN1CCOCC1)NC(C)=O. The third kappa shape index (κ3) is 20.1. The molecule has 3 atom stereocenters. The first kappa shape index (κ1) is 48.4. The lowest BCUT2D eigenvalue weighted by atomic mass is 10.1. The molecule has 3 heterocycles. The number of hydrogen-bond donors (Lipinski definition) is 3. The van der Waals surface area contributed by atoms with E-state index in [4.69, 9.17) is 18.9 Å². The second-order valence-corrected chi connectivity index (χ2v) is 14.3. The van der Waals surface area contributed by atoms with Crippen molar-refractivity contribution in [2.75, 3.05) is 106 Å². The highest BCUT2D eigenvalue weighted by molar-refractivity contribution is 5.83. The van der Waals surface area contributed by atoms with Gasteiger partial charge in [-0.3, -0.25) is 34.8 Å². The third-order valence-electron chi connectivity index (χ3n) is 9.77. The van der Waals surface area contributed by atoms with Gasteiger partial charge in [-0.25, -0.2) is 4.79 Å². The van der Waals surface area contributed by atoms with Crippen LogP contribution < -0.4 is 16.0 Å². The molecule has 0 saturated carbocycles. The lowest BCUT2D eigenvalue weighted by Crippen LogP contribution is -2.50. The van der Waals surface area contributed by atoms with Gasteiger partial charge in [0.1, 0.15) is 18.1 Å². The molecular weight excluding hydrogens is 745 g/mol. The number of esters is 3. The van der Waals surface area contributed by atoms with Crippen LogP contribution in [0.1, 0.15) is 51.2 Å². The van der Waals surface area contributed by atoms with E-state index in [0.717, 1.165) is 64.6 Å². The lowest BCUT2D eigenvalue weighted by molar-refractivity contribution is -0.147. The van der Waals surface area contributed by atoms with Gasteiger partial charge in [-0.1, -0.05) is 67.1 Å². The zero-order valence-electron chi connectivity index (χ0n) is 35.2. The molecule has 2 aromatic carbocycles. The van der Waals surface area contributed by atoms with Crippen LogP contribution in [-0.4, -0.2) is 162 Å². The minimum Gasteiger partial charge on any atom is -0.467 e. The van der Waals surface area contributed by atoms with Crippen molar-refractivity contribution in [3.63, 3.8) is 0 Å². The smallest absolute Gasteiger partial charge is 0.329 e. The molecular formula is C43H68N6O9. The van der Waals surface area contributed by atoms with Crippen molar-refractivity contribution in [1.82, 2.24) is 30.7 Å². The molecule has 15 nitrogen and oxygen atoms in total. The standard InChI is InChI=1S/C17H26N2O2.C16H24N2O3.C10H18N2O4/c1-2-21-17(20)16(14-19-11-7-4-8-12-19)18-13-15-9-5-3-6-10-15;1-2-21-16(19)15(13-18-8-10-20-11-9-18)17-12-14-6-4-3-5-7-14;1-8(13)11-9(10(14)15-2)7-12-3-5-16-6-4-12/h3,5-6,9-10,16,18H,2,4,7-8,11-14H2,1H3;3-7,15,17H,2,8-13H2,1H3;9H,3-7H2,1-2H3,(H,11,13). The van der Waals surface area contributed by atoms with Gasteiger partial charge in [-0.05, 0) is 50.9 Å². The van der Waals surface area contributed by atoms with Gasteiger partial charge in [-0.15, -0.1) is 0 Å². The number of nitrogens with one attached hydrogen (secondary N) is 3. The van der Waals surface area contributed by atoms with Gasteiger partial charge in [0.2, 0.25) is 5.91 Å². The van der Waals surface area contributed by atoms with E-state index in [9.17, 15) is 19.2 Å². The monoisotopic (exact) mass is 813 g/mol. The Labute approximate surface area is 345 Å². The van der Waals surface area contributed by atoms with Crippen LogP contribution in [0.2, 0.25) is 0 Å². The molecule has 0 spiro atoms. The number of carbonyl (C=O) groups excluding carboxylic acids is 4. The van der Waals surface area contributed by atoms with E-state index in [-0.39, 0.29) is 29.9 Å². The summed E-state index contributed by atoms with van der Waals surface area (Å²) >= 11 is 0. The first-order valence-corrected chi connectivity index (χ1v) is 20.8. The van der Waals surface area contributed by atoms with Crippen molar-refractivity contribution >= 4 is 23.8 Å². The number of ether oxygens (including phenoxy) is 5. The predicted molar refractivity (Wildman–Crippen MR) is 222 cm³/mol. The second-order valence-electron chi connectivity index (χ2n) is 14.3. The van der Waals surface area contributed by atoms with E-state index in [1.807, 2.05) is 62.4 Å². The molecule has 58 heavy (non-hydrogen) atoms. The fraction of sp³-hybridized carbons (Fsp3) is 0.628. The number of benzene rings is 2. The van der Waals surface area contributed by atoms with E-state index in [1.54, 1.807) is 0 Å². The number of methoxy groups -OCH3 is 1. The van der Waals surface area contributed by atoms with Crippen LogP contribution in [0.4, 0.5) is 0 Å². The zero-order chi connectivity index (χ0) is 41.8. The van der Waals surface area contributed by atoms with Gasteiger partial charge < -0.3 is 33.9 Å². The maximum atomic E-state index is 12.1. The molecule has 0 bridgehead atoms. The summed E-state index contributed by atoms with van der Waals surface area (Å²) < 4.78 is 25.6. The Kier molecular flexibility index (Phi) is 24.4. The molecule has 5 rings (SSSR count). The summed E-state index contributed by atoms with van der Waals surface area (Å²) in [6, 6.07) is 19.1. The average molecular weight is 813 g/mol. The Hall–Kier alpha value is -3.96. The topological polar surface area (TPSA) is 160 Å². The molecule has 3 N–H and O–H groups in total. The molecule has 324 valence electrons. The summed E-state index contributed by atoms with van der Waals surface area (Å²) in [5.41, 5.74) is 2.35. The Morgan fingerprint density at radius 3 is 1.36 bits per heavy atom. The lowest BCUT2D eigenvalue weighted by Gasteiger charge is -2.30. The van der Waals surface area contributed by atoms with Crippen LogP contribution in [-0.2, 0) is 56.0 Å². The van der Waals surface area contributed by atoms with E-state index in [2.05, 4.69) is 47.5 Å². The summed E-state index contributed by atoms with van der Waals surface area (Å²) in [4.78, 5) is 53.3. The van der Waals surface area contributed by atoms with Crippen LogP contribution in [0.15, 0.2) is 60.7 Å². The van der Waals surface area contributed by atoms with Crippen LogP contribution in [0.25, 0.3) is 0 Å². The predicted octanol–water partition coefficient (Wildman–Crippen LogP) is 2.23. The number of piperidine rings is 1. The number of rotatable bonds is 18. The first-order valence-electron chi connectivity index (χ1n) is 20.8. The van der Waals surface area contributed by atoms with Gasteiger partial charge in [0.25, 0.3) is 0 Å². The maximum Gasteiger partial charge on any atom is 0.329 e. The molecule has 3 saturated heterocycles. The molecule has 3 fully saturated rings. The largest absolute Gasteiger partial charge is 0.467 e. The molecule has 0 aromatic heterocycles. The highest BCUT2D eigenvalue weighted by atomic mass is 16.5. The quantitative estimate of drug-likeness (QED) is 0.149. The molecule has 1 amide bonds. The van der Waals surface area contributed by atoms with E-state index in [0.29, 0.717) is 52.6 Å². The highest BCUT2D eigenvalue weighted by Gasteiger charge is 2.26. The summed E-state index contributed by atoms with van der Waals surface area (Å²) in [5.74, 6) is -0.968. The summed E-state index contributed by atoms with van der Waals surface area (Å²) in [6.07, 6.45) is 3.76. The van der Waals surface area contributed by atoms with E-state index < -0.39 is 12.0 Å². The van der Waals surface area contributed by atoms with Crippen molar-refractivity contribution in [3.8, 4) is 0 Å². The molecule has 0 radical (unpaired) electrons. The fourth-order valence-electron chi connectivity index (χ4n) is 6.66. The first-order chi connectivity index (χ1) is 28.2. The molecule has 2 aromatic rings. The van der Waals surface area contributed by atoms with Crippen molar-refractivity contribution in [2.24, 2.45) is 0 Å². The Morgan fingerprint density at radius 1 is 0.586 bits per heavy atom. The summed E-state index contributed by atoms with van der Waals surface area (Å²) in [7, 11) is 1.32. The minimum absolute atomic E-state index is 0.140. The molecule has 3 aliphatic rings. The Bertz CT molecular complexity index is 1340. The zero-order valence-corrected chi connectivity index (χ0v) is 35.2. The van der Waals surface area contributed by atoms with E-state index in [1.165, 1.54) is 38.9 Å². The van der Waals surface area contributed by atoms with Gasteiger partial charge in [0, 0.05) is 65.8 Å². The number of amides is 1.